The zero-order valence-electron chi connectivity index (χ0n) is 7.68. The summed E-state index contributed by atoms with van der Waals surface area (Å²) in [5, 5.41) is 0. The predicted octanol–water partition coefficient (Wildman–Crippen LogP) is 4.64. The molecule has 2 aromatic rings. The second-order valence-corrected chi connectivity index (χ2v) is 4.91. The van der Waals surface area contributed by atoms with Crippen LogP contribution in [0.3, 0.4) is 0 Å². The Balaban J connectivity index is 0.000000280. The molecule has 4 heteroatoms. The van der Waals surface area contributed by atoms with E-state index in [-0.39, 0.29) is 17.1 Å². The SMILES string of the molecule is ClC(Cl)(Cl)[c-]1cccc1.[Fe].[cH-]1[cH-][cH-][cH-][cH-]1. The Kier molecular flexibility index (Phi) is 7.42. The van der Waals surface area contributed by atoms with Gasteiger partial charge in [-0.3, -0.25) is 0 Å². The molecule has 0 aromatic heterocycles. The molecule has 0 nitrogen and oxygen atoms in total. The molecule has 0 fully saturated rings. The van der Waals surface area contributed by atoms with Gasteiger partial charge in [-0.2, -0.15) is 12.1 Å². The van der Waals surface area contributed by atoms with Gasteiger partial charge in [-0.25, -0.2) is 12.1 Å². The van der Waals surface area contributed by atoms with Crippen molar-refractivity contribution in [3.05, 3.63) is 60.2 Å². The van der Waals surface area contributed by atoms with E-state index in [4.69, 9.17) is 34.8 Å². The van der Waals surface area contributed by atoms with Gasteiger partial charge in [-0.1, -0.05) is 34.8 Å². The van der Waals surface area contributed by atoms with Gasteiger partial charge in [0.2, 0.25) is 0 Å². The van der Waals surface area contributed by atoms with Gasteiger partial charge in [0.15, 0.2) is 3.79 Å². The fraction of sp³-hybridized carbons (Fsp3) is 0.0909. The third-order valence-electron chi connectivity index (χ3n) is 1.55. The Labute approximate surface area is 115 Å². The van der Waals surface area contributed by atoms with Crippen LogP contribution in [0.2, 0.25) is 0 Å². The van der Waals surface area contributed by atoms with Gasteiger partial charge in [0.05, 0.1) is 0 Å². The van der Waals surface area contributed by atoms with Gasteiger partial charge >= 0.3 is 0 Å². The quantitative estimate of drug-likeness (QED) is 0.378. The predicted molar refractivity (Wildman–Crippen MR) is 63.3 cm³/mol. The van der Waals surface area contributed by atoms with E-state index in [1.807, 2.05) is 42.5 Å². The maximum Gasteiger partial charge on any atom is 0.173 e. The molecule has 15 heavy (non-hydrogen) atoms. The van der Waals surface area contributed by atoms with Gasteiger partial charge < -0.3 is 30.3 Å². The molecule has 88 valence electrons. The summed E-state index contributed by atoms with van der Waals surface area (Å²) in [6.45, 7) is 0. The van der Waals surface area contributed by atoms with Crippen molar-refractivity contribution in [1.29, 1.82) is 0 Å². The molecule has 0 saturated carbocycles. The van der Waals surface area contributed by atoms with E-state index in [2.05, 4.69) is 0 Å². The van der Waals surface area contributed by atoms with E-state index in [0.717, 1.165) is 0 Å². The van der Waals surface area contributed by atoms with Crippen LogP contribution in [-0.4, -0.2) is 0 Å². The summed E-state index contributed by atoms with van der Waals surface area (Å²) < 4.78 is -1.26. The zero-order chi connectivity index (χ0) is 10.4. The maximum atomic E-state index is 5.53. The number of halogens is 3. The molecule has 0 unspecified atom stereocenters. The molecular weight excluding hydrogens is 294 g/mol. The van der Waals surface area contributed by atoms with Crippen molar-refractivity contribution in [3.8, 4) is 0 Å². The summed E-state index contributed by atoms with van der Waals surface area (Å²) in [5.41, 5.74) is 0.715. The van der Waals surface area contributed by atoms with E-state index in [1.54, 1.807) is 12.1 Å². The first-order valence-corrected chi connectivity index (χ1v) is 5.19. The van der Waals surface area contributed by atoms with Crippen LogP contribution in [0.1, 0.15) is 5.56 Å². The summed E-state index contributed by atoms with van der Waals surface area (Å²) in [7, 11) is 0. The molecular formula is C11H9Cl3Fe-6. The molecule has 2 rings (SSSR count). The average molecular weight is 303 g/mol. The van der Waals surface area contributed by atoms with E-state index in [9.17, 15) is 0 Å². The fourth-order valence-corrected chi connectivity index (χ4v) is 1.26. The van der Waals surface area contributed by atoms with E-state index in [0.29, 0.717) is 5.56 Å². The molecule has 0 aliphatic carbocycles. The third-order valence-corrected chi connectivity index (χ3v) is 2.20. The van der Waals surface area contributed by atoms with Crippen LogP contribution in [-0.2, 0) is 20.9 Å². The third kappa shape index (κ3) is 6.29. The number of hydrogen-bond donors (Lipinski definition) is 0. The molecule has 0 aliphatic rings. The molecule has 2 aromatic carbocycles. The van der Waals surface area contributed by atoms with E-state index in [1.165, 1.54) is 0 Å². The van der Waals surface area contributed by atoms with Crippen LogP contribution in [0.5, 0.6) is 0 Å². The number of rotatable bonds is 0. The Morgan fingerprint density at radius 1 is 0.800 bits per heavy atom. The van der Waals surface area contributed by atoms with Crippen LogP contribution in [0.25, 0.3) is 0 Å². The van der Waals surface area contributed by atoms with E-state index >= 15 is 0 Å². The standard InChI is InChI=1S/C6H4Cl3.C5H5.Fe/c7-6(8,9)5-3-1-2-4-5;1-2-4-5-3-1;/h1-4H;1-5H;/q-1;-5;. The number of alkyl halides is 3. The molecule has 0 N–H and O–H groups in total. The minimum atomic E-state index is -1.26. The minimum absolute atomic E-state index is 0. The van der Waals surface area contributed by atoms with Gasteiger partial charge in [-0.15, -0.1) is 5.56 Å². The average Bonchev–Trinajstić information content (AvgIpc) is 2.80. The molecule has 0 atom stereocenters. The van der Waals surface area contributed by atoms with Gasteiger partial charge in [0.1, 0.15) is 0 Å². The number of hydrogen-bond acceptors (Lipinski definition) is 0. The largest absolute Gasteiger partial charge is 0.748 e. The van der Waals surface area contributed by atoms with Crippen molar-refractivity contribution < 1.29 is 17.1 Å². The summed E-state index contributed by atoms with van der Waals surface area (Å²) in [6, 6.07) is 17.2. The molecule has 0 bridgehead atoms. The maximum absolute atomic E-state index is 5.53. The Bertz CT molecular complexity index is 302. The summed E-state index contributed by atoms with van der Waals surface area (Å²) in [4.78, 5) is 0. The van der Waals surface area contributed by atoms with Crippen LogP contribution >= 0.6 is 34.8 Å². The Morgan fingerprint density at radius 2 is 1.13 bits per heavy atom. The zero-order valence-corrected chi connectivity index (χ0v) is 11.1. The van der Waals surface area contributed by atoms with Crippen molar-refractivity contribution in [1.82, 2.24) is 0 Å². The van der Waals surface area contributed by atoms with Crippen molar-refractivity contribution >= 4 is 34.8 Å². The molecule has 0 amide bonds. The topological polar surface area (TPSA) is 0 Å². The normalized spacial score (nSPS) is 9.80. The van der Waals surface area contributed by atoms with Crippen LogP contribution in [0.4, 0.5) is 0 Å². The summed E-state index contributed by atoms with van der Waals surface area (Å²) in [6.07, 6.45) is 0. The second kappa shape index (κ2) is 7.38. The van der Waals surface area contributed by atoms with Crippen molar-refractivity contribution in [3.63, 3.8) is 0 Å². The first kappa shape index (κ1) is 15.1. The van der Waals surface area contributed by atoms with E-state index < -0.39 is 3.79 Å². The minimum Gasteiger partial charge on any atom is -0.748 e. The fourth-order valence-electron chi connectivity index (χ4n) is 0.884. The van der Waals surface area contributed by atoms with Gasteiger partial charge in [0, 0.05) is 17.1 Å². The van der Waals surface area contributed by atoms with Crippen molar-refractivity contribution in [2.24, 2.45) is 0 Å². The first-order valence-electron chi connectivity index (χ1n) is 4.06. The smallest absolute Gasteiger partial charge is 0.173 e. The Morgan fingerprint density at radius 3 is 1.33 bits per heavy atom. The molecule has 0 spiro atoms. The van der Waals surface area contributed by atoms with Crippen LogP contribution in [0.15, 0.2) is 54.6 Å². The first-order chi connectivity index (χ1) is 6.61. The van der Waals surface area contributed by atoms with Crippen LogP contribution in [0, 0.1) is 0 Å². The monoisotopic (exact) mass is 302 g/mol. The summed E-state index contributed by atoms with van der Waals surface area (Å²) >= 11 is 16.6. The van der Waals surface area contributed by atoms with Gasteiger partial charge in [-0.05, 0) is 0 Å². The second-order valence-electron chi connectivity index (χ2n) is 2.63. The van der Waals surface area contributed by atoms with Crippen molar-refractivity contribution in [2.75, 3.05) is 0 Å². The molecule has 0 saturated heterocycles. The Hall–Kier alpha value is 0.0895. The molecule has 0 heterocycles. The molecule has 0 aliphatic heterocycles. The van der Waals surface area contributed by atoms with Crippen molar-refractivity contribution in [2.45, 2.75) is 3.79 Å². The summed E-state index contributed by atoms with van der Waals surface area (Å²) in [5.74, 6) is 0. The molecule has 0 radical (unpaired) electrons. The van der Waals surface area contributed by atoms with Gasteiger partial charge in [0.25, 0.3) is 0 Å². The van der Waals surface area contributed by atoms with Crippen LogP contribution < -0.4 is 0 Å².